The van der Waals surface area contributed by atoms with Crippen LogP contribution in [0.3, 0.4) is 0 Å². The Hall–Kier alpha value is -3.06. The van der Waals surface area contributed by atoms with Gasteiger partial charge in [0.2, 0.25) is 0 Å². The summed E-state index contributed by atoms with van der Waals surface area (Å²) >= 11 is 0. The van der Waals surface area contributed by atoms with Crippen molar-refractivity contribution in [1.29, 1.82) is 10.5 Å². The minimum Gasteiger partial charge on any atom is -0.482 e. The third kappa shape index (κ3) is 4.72. The second-order valence-corrected chi connectivity index (χ2v) is 5.72. The normalized spacial score (nSPS) is 15.3. The number of nitrogens with zero attached hydrogens (tertiary/aromatic N) is 2. The van der Waals surface area contributed by atoms with Gasteiger partial charge in [-0.1, -0.05) is 0 Å². The predicted molar refractivity (Wildman–Crippen MR) is 82.5 cm³/mol. The minimum absolute atomic E-state index is 0.155. The predicted octanol–water partition coefficient (Wildman–Crippen LogP) is 1.29. The lowest BCUT2D eigenvalue weighted by atomic mass is 9.98. The van der Waals surface area contributed by atoms with E-state index in [0.29, 0.717) is 11.3 Å². The minimum atomic E-state index is -0.914. The number of rotatable bonds is 7. The summed E-state index contributed by atoms with van der Waals surface area (Å²) < 4.78 is 10.0. The highest BCUT2D eigenvalue weighted by Crippen LogP contribution is 2.39. The van der Waals surface area contributed by atoms with E-state index in [4.69, 9.17) is 20.0 Å². The van der Waals surface area contributed by atoms with Crippen LogP contribution in [0.25, 0.3) is 0 Å². The highest BCUT2D eigenvalue weighted by Gasteiger charge is 2.43. The summed E-state index contributed by atoms with van der Waals surface area (Å²) in [7, 11) is 0. The van der Waals surface area contributed by atoms with Gasteiger partial charge >= 0.3 is 5.97 Å². The third-order valence-electron chi connectivity index (χ3n) is 3.73. The summed E-state index contributed by atoms with van der Waals surface area (Å²) in [5.41, 5.74) is -0.430. The van der Waals surface area contributed by atoms with E-state index in [2.05, 4.69) is 11.4 Å². The van der Waals surface area contributed by atoms with Gasteiger partial charge in [0.15, 0.2) is 13.2 Å². The van der Waals surface area contributed by atoms with Crippen molar-refractivity contribution in [2.45, 2.75) is 25.3 Å². The van der Waals surface area contributed by atoms with Crippen molar-refractivity contribution in [1.82, 2.24) is 5.32 Å². The molecule has 1 saturated carbocycles. The number of nitriles is 2. The molecule has 1 amide bonds. The Bertz CT molecular complexity index is 698. The molecule has 0 unspecified atom stereocenters. The van der Waals surface area contributed by atoms with E-state index in [1.165, 1.54) is 0 Å². The zero-order chi connectivity index (χ0) is 17.6. The number of carbonyl (C=O) groups is 2. The molecular formula is C17H17N3O4. The van der Waals surface area contributed by atoms with Gasteiger partial charge in [0.05, 0.1) is 17.7 Å². The van der Waals surface area contributed by atoms with Gasteiger partial charge in [0.25, 0.3) is 5.91 Å². The topological polar surface area (TPSA) is 112 Å². The Labute approximate surface area is 139 Å². The molecule has 0 radical (unpaired) electrons. The van der Waals surface area contributed by atoms with Crippen LogP contribution in [-0.2, 0) is 14.3 Å². The molecule has 1 aliphatic rings. The quantitative estimate of drug-likeness (QED) is 0.755. The van der Waals surface area contributed by atoms with Gasteiger partial charge in [0.1, 0.15) is 11.3 Å². The maximum absolute atomic E-state index is 11.8. The van der Waals surface area contributed by atoms with Crippen LogP contribution in [0.1, 0.15) is 25.3 Å². The number of hydrogen-bond donors (Lipinski definition) is 1. The monoisotopic (exact) mass is 327 g/mol. The van der Waals surface area contributed by atoms with E-state index in [1.54, 1.807) is 31.2 Å². The van der Waals surface area contributed by atoms with Crippen LogP contribution < -0.4 is 10.1 Å². The molecule has 1 aliphatic carbocycles. The first-order valence-electron chi connectivity index (χ1n) is 7.47. The summed E-state index contributed by atoms with van der Waals surface area (Å²) in [6.07, 6.45) is 1.81. The fraction of sp³-hybridized carbons (Fsp3) is 0.412. The first-order valence-corrected chi connectivity index (χ1v) is 7.47. The van der Waals surface area contributed by atoms with Crippen LogP contribution >= 0.6 is 0 Å². The SMILES string of the molecule is C[C@](C#N)(NC(=O)COC(=O)COc1ccc(C#N)cc1)C1CC1. The van der Waals surface area contributed by atoms with Crippen molar-refractivity contribution in [2.75, 3.05) is 13.2 Å². The molecule has 0 saturated heterocycles. The van der Waals surface area contributed by atoms with Gasteiger partial charge in [-0.2, -0.15) is 10.5 Å². The lowest BCUT2D eigenvalue weighted by molar-refractivity contribution is -0.150. The van der Waals surface area contributed by atoms with Crippen molar-refractivity contribution in [2.24, 2.45) is 5.92 Å². The molecule has 1 N–H and O–H groups in total. The summed E-state index contributed by atoms with van der Waals surface area (Å²) in [6, 6.07) is 10.3. The van der Waals surface area contributed by atoms with Crippen LogP contribution in [0, 0.1) is 28.6 Å². The van der Waals surface area contributed by atoms with E-state index in [1.807, 2.05) is 6.07 Å². The fourth-order valence-corrected chi connectivity index (χ4v) is 2.16. The van der Waals surface area contributed by atoms with Crippen molar-refractivity contribution < 1.29 is 19.1 Å². The van der Waals surface area contributed by atoms with Gasteiger partial charge in [-0.15, -0.1) is 0 Å². The molecule has 0 aromatic heterocycles. The zero-order valence-electron chi connectivity index (χ0n) is 13.2. The van der Waals surface area contributed by atoms with E-state index in [-0.39, 0.29) is 12.5 Å². The molecule has 0 spiro atoms. The summed E-state index contributed by atoms with van der Waals surface area (Å²) in [6.45, 7) is 0.856. The van der Waals surface area contributed by atoms with Gasteiger partial charge in [-0.3, -0.25) is 4.79 Å². The fourth-order valence-electron chi connectivity index (χ4n) is 2.16. The number of ether oxygens (including phenoxy) is 2. The number of carbonyl (C=O) groups excluding carboxylic acids is 2. The van der Waals surface area contributed by atoms with E-state index < -0.39 is 24.0 Å². The molecular weight excluding hydrogens is 310 g/mol. The van der Waals surface area contributed by atoms with Crippen molar-refractivity contribution >= 4 is 11.9 Å². The number of nitrogens with one attached hydrogen (secondary N) is 1. The van der Waals surface area contributed by atoms with E-state index in [9.17, 15) is 9.59 Å². The summed E-state index contributed by atoms with van der Waals surface area (Å²) in [5, 5.41) is 20.4. The number of benzene rings is 1. The Morgan fingerprint density at radius 1 is 1.25 bits per heavy atom. The van der Waals surface area contributed by atoms with Gasteiger partial charge in [0, 0.05) is 0 Å². The van der Waals surface area contributed by atoms with Crippen LogP contribution in [0.2, 0.25) is 0 Å². The highest BCUT2D eigenvalue weighted by atomic mass is 16.6. The number of esters is 1. The van der Waals surface area contributed by atoms with Gasteiger partial charge in [-0.05, 0) is 49.9 Å². The third-order valence-corrected chi connectivity index (χ3v) is 3.73. The molecule has 24 heavy (non-hydrogen) atoms. The van der Waals surface area contributed by atoms with E-state index in [0.717, 1.165) is 12.8 Å². The average Bonchev–Trinajstić information content (AvgIpc) is 3.44. The van der Waals surface area contributed by atoms with Crippen LogP contribution in [-0.4, -0.2) is 30.6 Å². The van der Waals surface area contributed by atoms with Crippen molar-refractivity contribution in [3.8, 4) is 17.9 Å². The molecule has 1 aromatic carbocycles. The Balaban J connectivity index is 1.71. The first kappa shape index (κ1) is 17.3. The maximum atomic E-state index is 11.8. The average molecular weight is 327 g/mol. The Kier molecular flexibility index (Phi) is 5.39. The Morgan fingerprint density at radius 2 is 1.92 bits per heavy atom. The molecule has 0 bridgehead atoms. The maximum Gasteiger partial charge on any atom is 0.344 e. The van der Waals surface area contributed by atoms with Crippen LogP contribution in [0.4, 0.5) is 0 Å². The molecule has 1 atom stereocenters. The van der Waals surface area contributed by atoms with Crippen molar-refractivity contribution in [3.05, 3.63) is 29.8 Å². The molecule has 0 aliphatic heterocycles. The summed E-state index contributed by atoms with van der Waals surface area (Å²) in [4.78, 5) is 23.4. The second kappa shape index (κ2) is 7.47. The molecule has 0 heterocycles. The molecule has 7 heteroatoms. The molecule has 1 fully saturated rings. The number of hydrogen-bond acceptors (Lipinski definition) is 6. The highest BCUT2D eigenvalue weighted by molar-refractivity contribution is 5.81. The second-order valence-electron chi connectivity index (χ2n) is 5.72. The number of amides is 1. The van der Waals surface area contributed by atoms with Crippen LogP contribution in [0.15, 0.2) is 24.3 Å². The lowest BCUT2D eigenvalue weighted by Crippen LogP contribution is -2.48. The molecule has 1 aromatic rings. The summed E-state index contributed by atoms with van der Waals surface area (Å²) in [5.74, 6) is -0.639. The smallest absolute Gasteiger partial charge is 0.344 e. The van der Waals surface area contributed by atoms with E-state index >= 15 is 0 Å². The van der Waals surface area contributed by atoms with Crippen LogP contribution in [0.5, 0.6) is 5.75 Å². The Morgan fingerprint density at radius 3 is 2.46 bits per heavy atom. The van der Waals surface area contributed by atoms with Crippen molar-refractivity contribution in [3.63, 3.8) is 0 Å². The van der Waals surface area contributed by atoms with Gasteiger partial charge < -0.3 is 14.8 Å². The first-order chi connectivity index (χ1) is 11.5. The molecule has 2 rings (SSSR count). The lowest BCUT2D eigenvalue weighted by Gasteiger charge is -2.22. The standard InChI is InChI=1S/C17H17N3O4/c1-17(11-19,13-4-5-13)20-15(21)9-24-16(22)10-23-14-6-2-12(8-18)3-7-14/h2-3,6-7,13H,4-5,9-10H2,1H3,(H,20,21)/t17-/m1/s1. The molecule has 7 nitrogen and oxygen atoms in total. The molecule has 124 valence electrons. The van der Waals surface area contributed by atoms with Gasteiger partial charge in [-0.25, -0.2) is 4.79 Å². The largest absolute Gasteiger partial charge is 0.482 e. The zero-order valence-corrected chi connectivity index (χ0v) is 13.2.